The molecular weight excluding hydrogens is 781 g/mol. The first-order valence-corrected chi connectivity index (χ1v) is 25.0. The molecule has 14 heteroatoms. The lowest BCUT2D eigenvalue weighted by molar-refractivity contribution is -0.135. The van der Waals surface area contributed by atoms with Crippen LogP contribution in [-0.4, -0.2) is 96.9 Å². The Bertz CT molecular complexity index is 2270. The van der Waals surface area contributed by atoms with E-state index in [9.17, 15) is 19.2 Å². The zero-order valence-corrected chi connectivity index (χ0v) is 37.1. The SMILES string of the molecule is COC(=O)N[C@H](C(=O)N1CC2(CC2)C[C@H]1C1=CC2C(=C1)C=Cc1cc(-c3ccc(-c4cnc([C@@H]5C[Si](C)(C)CN5C(=O)[C@@H](NC(=O)OC)C(C)C)[nH]4)s3)ccc12)C(C)C. The van der Waals surface area contributed by atoms with Crippen molar-refractivity contribution in [3.8, 4) is 21.0 Å². The summed E-state index contributed by atoms with van der Waals surface area (Å²) in [6, 6.07) is 10.3. The number of aromatic amines is 1. The molecular formula is C45H56N6O6SSi. The number of thiophene rings is 1. The molecule has 0 bridgehead atoms. The number of carbonyl (C=O) groups excluding carboxylic acids is 4. The summed E-state index contributed by atoms with van der Waals surface area (Å²) >= 11 is 1.70. The molecule has 3 aromatic rings. The largest absolute Gasteiger partial charge is 0.453 e. The molecule has 5 aliphatic rings. The summed E-state index contributed by atoms with van der Waals surface area (Å²) in [4.78, 5) is 66.8. The molecule has 2 aromatic heterocycles. The molecule has 2 saturated heterocycles. The minimum atomic E-state index is -1.75. The molecule has 2 aliphatic heterocycles. The van der Waals surface area contributed by atoms with Gasteiger partial charge in [-0.05, 0) is 88.6 Å². The monoisotopic (exact) mass is 836 g/mol. The second-order valence-electron chi connectivity index (χ2n) is 18.6. The van der Waals surface area contributed by atoms with E-state index in [0.717, 1.165) is 58.7 Å². The van der Waals surface area contributed by atoms with E-state index in [2.05, 4.69) is 83.3 Å². The van der Waals surface area contributed by atoms with Gasteiger partial charge in [0, 0.05) is 23.5 Å². The number of likely N-dealkylation sites (tertiary alicyclic amines) is 1. The fourth-order valence-corrected chi connectivity index (χ4v) is 13.3. The van der Waals surface area contributed by atoms with Crippen LogP contribution < -0.4 is 10.6 Å². The average molecular weight is 837 g/mol. The molecule has 4 heterocycles. The summed E-state index contributed by atoms with van der Waals surface area (Å²) in [5.74, 6) is 0.555. The zero-order valence-electron chi connectivity index (χ0n) is 35.3. The number of nitrogens with zero attached hydrogens (tertiary/aromatic N) is 3. The van der Waals surface area contributed by atoms with E-state index in [1.165, 1.54) is 36.5 Å². The number of fused-ring (bicyclic) bond motifs is 3. The molecule has 59 heavy (non-hydrogen) atoms. The highest BCUT2D eigenvalue weighted by Gasteiger charge is 2.55. The number of carbonyl (C=O) groups is 4. The van der Waals surface area contributed by atoms with E-state index < -0.39 is 32.3 Å². The summed E-state index contributed by atoms with van der Waals surface area (Å²) in [5.41, 5.74) is 7.07. The van der Waals surface area contributed by atoms with Gasteiger partial charge < -0.3 is 34.9 Å². The van der Waals surface area contributed by atoms with Gasteiger partial charge in [0.2, 0.25) is 11.8 Å². The minimum Gasteiger partial charge on any atom is -0.453 e. The highest BCUT2D eigenvalue weighted by molar-refractivity contribution is 7.18. The van der Waals surface area contributed by atoms with Crippen molar-refractivity contribution in [2.75, 3.05) is 26.9 Å². The van der Waals surface area contributed by atoms with Crippen molar-refractivity contribution in [1.29, 1.82) is 0 Å². The molecule has 3 N–H and O–H groups in total. The number of hydrogen-bond acceptors (Lipinski definition) is 8. The first kappa shape index (κ1) is 40.8. The van der Waals surface area contributed by atoms with Crippen LogP contribution in [-0.2, 0) is 19.1 Å². The fourth-order valence-electron chi connectivity index (χ4n) is 9.48. The average Bonchev–Trinajstić information content (AvgIpc) is 3.81. The van der Waals surface area contributed by atoms with Gasteiger partial charge in [0.05, 0.1) is 51.1 Å². The fraction of sp³-hybridized carbons (Fsp3) is 0.489. The molecule has 12 nitrogen and oxygen atoms in total. The molecule has 1 aromatic carbocycles. The number of imidazole rings is 1. The smallest absolute Gasteiger partial charge is 0.407 e. The van der Waals surface area contributed by atoms with Gasteiger partial charge in [0.15, 0.2) is 0 Å². The summed E-state index contributed by atoms with van der Waals surface area (Å²) in [7, 11) is 0.884. The van der Waals surface area contributed by atoms with Gasteiger partial charge in [-0.15, -0.1) is 11.3 Å². The molecule has 3 fully saturated rings. The van der Waals surface area contributed by atoms with Crippen molar-refractivity contribution in [3.05, 3.63) is 82.9 Å². The molecule has 3 aliphatic carbocycles. The topological polar surface area (TPSA) is 146 Å². The van der Waals surface area contributed by atoms with E-state index in [1.54, 1.807) is 11.3 Å². The quantitative estimate of drug-likeness (QED) is 0.175. The summed E-state index contributed by atoms with van der Waals surface area (Å²) in [6.07, 6.45) is 13.6. The Morgan fingerprint density at radius 3 is 2.19 bits per heavy atom. The third-order valence-electron chi connectivity index (χ3n) is 12.9. The maximum atomic E-state index is 14.1. The molecule has 1 unspecified atom stereocenters. The van der Waals surface area contributed by atoms with Crippen LogP contribution in [0.5, 0.6) is 0 Å². The molecule has 312 valence electrons. The Morgan fingerprint density at radius 1 is 0.881 bits per heavy atom. The van der Waals surface area contributed by atoms with Gasteiger partial charge in [-0.1, -0.05) is 77.2 Å². The second-order valence-corrected chi connectivity index (χ2v) is 24.7. The molecule has 0 radical (unpaired) electrons. The molecule has 1 spiro atoms. The van der Waals surface area contributed by atoms with E-state index in [4.69, 9.17) is 14.5 Å². The standard InChI is InChI=1S/C45H56N6O6SSi/c1-25(2)38(48-43(54)56-5)41(52)50-23-45(15-16-45)20-34(50)30-18-28-10-9-27-17-29(11-12-31(27)32(28)19-30)36-13-14-37(58-36)33-21-46-40(47-33)35-22-59(7,8)24-51(35)42(53)39(26(3)4)49-44(55)57-6/h9-14,17-19,21,25-26,32,34-35,38-39H,15-16,20,22-24H2,1-8H3,(H,46,47)(H,48,54)(H,49,55)/t32?,34-,35-,38-,39-/m0/s1. The Balaban J connectivity index is 0.993. The number of nitrogens with one attached hydrogen (secondary N) is 3. The van der Waals surface area contributed by atoms with Crippen LogP contribution in [0, 0.1) is 17.3 Å². The van der Waals surface area contributed by atoms with Crippen LogP contribution in [0.15, 0.2) is 65.9 Å². The van der Waals surface area contributed by atoms with Crippen molar-refractivity contribution in [2.24, 2.45) is 17.3 Å². The number of alkyl carbamates (subject to hydrolysis) is 2. The highest BCUT2D eigenvalue weighted by Crippen LogP contribution is 2.57. The van der Waals surface area contributed by atoms with Crippen LogP contribution in [0.25, 0.3) is 27.1 Å². The van der Waals surface area contributed by atoms with Crippen molar-refractivity contribution < 1.29 is 28.7 Å². The van der Waals surface area contributed by atoms with Crippen LogP contribution in [0.1, 0.15) is 75.9 Å². The molecule has 8 rings (SSSR count). The lowest BCUT2D eigenvalue weighted by Gasteiger charge is -2.31. The van der Waals surface area contributed by atoms with Crippen molar-refractivity contribution in [3.63, 3.8) is 0 Å². The maximum absolute atomic E-state index is 14.1. The number of benzene rings is 1. The Labute approximate surface area is 351 Å². The van der Waals surface area contributed by atoms with Crippen molar-refractivity contribution in [1.82, 2.24) is 30.4 Å². The van der Waals surface area contributed by atoms with Crippen LogP contribution in [0.4, 0.5) is 9.59 Å². The second kappa shape index (κ2) is 15.6. The number of allylic oxidation sites excluding steroid dienone is 3. The van der Waals surface area contributed by atoms with Gasteiger partial charge in [-0.2, -0.15) is 0 Å². The summed E-state index contributed by atoms with van der Waals surface area (Å²) in [5, 5.41) is 5.55. The van der Waals surface area contributed by atoms with E-state index in [-0.39, 0.29) is 47.1 Å². The van der Waals surface area contributed by atoms with E-state index in [1.807, 2.05) is 43.7 Å². The van der Waals surface area contributed by atoms with E-state index >= 15 is 0 Å². The maximum Gasteiger partial charge on any atom is 0.407 e. The first-order valence-electron chi connectivity index (χ1n) is 20.8. The molecule has 1 saturated carbocycles. The number of hydrogen-bond donors (Lipinski definition) is 3. The van der Waals surface area contributed by atoms with E-state index in [0.29, 0.717) is 6.17 Å². The van der Waals surface area contributed by atoms with Crippen molar-refractivity contribution >= 4 is 49.5 Å². The van der Waals surface area contributed by atoms with Gasteiger partial charge in [-0.3, -0.25) is 9.59 Å². The van der Waals surface area contributed by atoms with Crippen LogP contribution in [0.3, 0.4) is 0 Å². The number of amides is 4. The Kier molecular flexibility index (Phi) is 10.8. The lowest BCUT2D eigenvalue weighted by atomic mass is 9.84. The predicted molar refractivity (Wildman–Crippen MR) is 232 cm³/mol. The normalized spacial score (nSPS) is 23.1. The van der Waals surface area contributed by atoms with Gasteiger partial charge >= 0.3 is 12.2 Å². The van der Waals surface area contributed by atoms with Gasteiger partial charge in [0.25, 0.3) is 0 Å². The summed E-state index contributed by atoms with van der Waals surface area (Å²) in [6.45, 7) is 13.1. The third-order valence-corrected chi connectivity index (χ3v) is 16.8. The van der Waals surface area contributed by atoms with Gasteiger partial charge in [0.1, 0.15) is 17.9 Å². The predicted octanol–water partition coefficient (Wildman–Crippen LogP) is 8.06. The lowest BCUT2D eigenvalue weighted by Crippen LogP contribution is -2.52. The summed E-state index contributed by atoms with van der Waals surface area (Å²) < 4.78 is 9.69. The highest BCUT2D eigenvalue weighted by atomic mass is 32.1. The first-order chi connectivity index (χ1) is 28.1. The molecule has 4 amide bonds. The van der Waals surface area contributed by atoms with Gasteiger partial charge in [-0.25, -0.2) is 14.6 Å². The zero-order chi connectivity index (χ0) is 42.0. The number of H-pyrrole nitrogens is 1. The van der Waals surface area contributed by atoms with Crippen LogP contribution in [0.2, 0.25) is 19.1 Å². The number of ether oxygens (including phenoxy) is 2. The Hall–Kier alpha value is -4.95. The Morgan fingerprint density at radius 2 is 1.54 bits per heavy atom. The molecule has 5 atom stereocenters. The number of rotatable bonds is 10. The van der Waals surface area contributed by atoms with Crippen molar-refractivity contribution in [2.45, 2.75) is 96.2 Å². The third kappa shape index (κ3) is 7.93. The minimum absolute atomic E-state index is 0.0289. The van der Waals surface area contributed by atoms with Crippen LogP contribution >= 0.6 is 11.3 Å². The number of methoxy groups -OCH3 is 2. The number of aromatic nitrogens is 2.